The predicted molar refractivity (Wildman–Crippen MR) is 126 cm³/mol. The van der Waals surface area contributed by atoms with Gasteiger partial charge in [-0.1, -0.05) is 24.3 Å². The molecule has 0 atom stereocenters. The van der Waals surface area contributed by atoms with Crippen molar-refractivity contribution in [2.45, 2.75) is 31.3 Å². The first-order valence-electron chi connectivity index (χ1n) is 10.3. The van der Waals surface area contributed by atoms with Crippen LogP contribution < -0.4 is 15.4 Å². The molecule has 0 aliphatic heterocycles. The standard InChI is InChI=1S/C23H34N4O3S/c1-18-15-20(9-12-22(18)31(5,28)29)17-26-23(24-2)25-16-19-7-10-21(11-8-19)30-14-6-13-27(3)4/h7-12,15H,6,13-14,16-17H2,1-5H3,(H2,24,25,26). The van der Waals surface area contributed by atoms with Gasteiger partial charge in [0.1, 0.15) is 5.75 Å². The highest BCUT2D eigenvalue weighted by Gasteiger charge is 2.11. The van der Waals surface area contributed by atoms with E-state index in [1.54, 1.807) is 13.1 Å². The SMILES string of the molecule is CN=C(NCc1ccc(OCCCN(C)C)cc1)NCc1ccc(S(C)(=O)=O)c(C)c1. The second-order valence-electron chi connectivity index (χ2n) is 7.80. The molecule has 2 aromatic carbocycles. The average molecular weight is 447 g/mol. The third kappa shape index (κ3) is 8.59. The van der Waals surface area contributed by atoms with E-state index in [2.05, 4.69) is 34.6 Å². The lowest BCUT2D eigenvalue weighted by molar-refractivity contribution is 0.281. The van der Waals surface area contributed by atoms with Crippen LogP contribution in [0.3, 0.4) is 0 Å². The van der Waals surface area contributed by atoms with Gasteiger partial charge in [-0.25, -0.2) is 8.42 Å². The van der Waals surface area contributed by atoms with Crippen molar-refractivity contribution in [1.29, 1.82) is 0 Å². The van der Waals surface area contributed by atoms with Gasteiger partial charge in [0.15, 0.2) is 15.8 Å². The van der Waals surface area contributed by atoms with E-state index in [0.717, 1.165) is 35.4 Å². The molecule has 0 radical (unpaired) electrons. The molecule has 0 aromatic heterocycles. The second kappa shape index (κ2) is 11.7. The van der Waals surface area contributed by atoms with Crippen molar-refractivity contribution >= 4 is 15.8 Å². The van der Waals surface area contributed by atoms with E-state index >= 15 is 0 Å². The van der Waals surface area contributed by atoms with E-state index in [1.807, 2.05) is 43.3 Å². The van der Waals surface area contributed by atoms with Gasteiger partial charge < -0.3 is 20.3 Å². The first-order valence-corrected chi connectivity index (χ1v) is 12.2. The molecule has 7 nitrogen and oxygen atoms in total. The number of benzene rings is 2. The maximum absolute atomic E-state index is 11.8. The summed E-state index contributed by atoms with van der Waals surface area (Å²) < 4.78 is 29.3. The van der Waals surface area contributed by atoms with E-state index in [0.29, 0.717) is 30.6 Å². The Balaban J connectivity index is 1.81. The Bertz CT molecular complexity index is 971. The number of guanidine groups is 1. The molecular formula is C23H34N4O3S. The highest BCUT2D eigenvalue weighted by molar-refractivity contribution is 7.90. The summed E-state index contributed by atoms with van der Waals surface area (Å²) in [6, 6.07) is 13.4. The van der Waals surface area contributed by atoms with Crippen LogP contribution in [0.2, 0.25) is 0 Å². The van der Waals surface area contributed by atoms with E-state index in [4.69, 9.17) is 4.74 Å². The maximum Gasteiger partial charge on any atom is 0.191 e. The fourth-order valence-electron chi connectivity index (χ4n) is 3.10. The normalized spacial score (nSPS) is 12.1. The third-order valence-corrected chi connectivity index (χ3v) is 5.98. The Morgan fingerprint density at radius 2 is 1.65 bits per heavy atom. The van der Waals surface area contributed by atoms with Crippen molar-refractivity contribution < 1.29 is 13.2 Å². The number of aryl methyl sites for hydroxylation is 1. The van der Waals surface area contributed by atoms with E-state index < -0.39 is 9.84 Å². The molecule has 8 heteroatoms. The summed E-state index contributed by atoms with van der Waals surface area (Å²) in [5, 5.41) is 6.54. The number of nitrogens with zero attached hydrogens (tertiary/aromatic N) is 2. The van der Waals surface area contributed by atoms with E-state index in [1.165, 1.54) is 6.26 Å². The summed E-state index contributed by atoms with van der Waals surface area (Å²) in [4.78, 5) is 6.76. The molecule has 0 amide bonds. The lowest BCUT2D eigenvalue weighted by atomic mass is 10.1. The first kappa shape index (κ1) is 24.7. The molecular weight excluding hydrogens is 412 g/mol. The first-order chi connectivity index (χ1) is 14.7. The molecule has 0 heterocycles. The number of hydrogen-bond acceptors (Lipinski definition) is 5. The Morgan fingerprint density at radius 1 is 1.03 bits per heavy atom. The van der Waals surface area contributed by atoms with Crippen LogP contribution in [-0.4, -0.2) is 59.8 Å². The molecule has 0 bridgehead atoms. The Hall–Kier alpha value is -2.58. The topological polar surface area (TPSA) is 83.0 Å². The highest BCUT2D eigenvalue weighted by Crippen LogP contribution is 2.16. The predicted octanol–water partition coefficient (Wildman–Crippen LogP) is 2.59. The van der Waals surface area contributed by atoms with Crippen molar-refractivity contribution in [3.63, 3.8) is 0 Å². The van der Waals surface area contributed by atoms with Gasteiger partial charge in [-0.2, -0.15) is 0 Å². The zero-order valence-corrected chi connectivity index (χ0v) is 19.9. The minimum Gasteiger partial charge on any atom is -0.494 e. The van der Waals surface area contributed by atoms with Crippen LogP contribution in [0, 0.1) is 6.92 Å². The Kier molecular flexibility index (Phi) is 9.33. The largest absolute Gasteiger partial charge is 0.494 e. The lowest BCUT2D eigenvalue weighted by Gasteiger charge is -2.14. The molecule has 2 N–H and O–H groups in total. The molecule has 0 saturated heterocycles. The molecule has 0 aliphatic rings. The molecule has 0 fully saturated rings. The summed E-state index contributed by atoms with van der Waals surface area (Å²) in [6.45, 7) is 4.70. The molecule has 0 aliphatic carbocycles. The average Bonchev–Trinajstić information content (AvgIpc) is 2.71. The minimum atomic E-state index is -3.21. The van der Waals surface area contributed by atoms with Gasteiger partial charge >= 0.3 is 0 Å². The molecule has 0 saturated carbocycles. The van der Waals surface area contributed by atoms with Gasteiger partial charge in [-0.3, -0.25) is 4.99 Å². The van der Waals surface area contributed by atoms with Gasteiger partial charge in [0.2, 0.25) is 0 Å². The van der Waals surface area contributed by atoms with Gasteiger partial charge in [-0.05, 0) is 62.3 Å². The molecule has 170 valence electrons. The summed E-state index contributed by atoms with van der Waals surface area (Å²) in [5.41, 5.74) is 2.86. The summed E-state index contributed by atoms with van der Waals surface area (Å²) >= 11 is 0. The van der Waals surface area contributed by atoms with Crippen LogP contribution in [0.25, 0.3) is 0 Å². The fourth-order valence-corrected chi connectivity index (χ4v) is 4.06. The molecule has 2 rings (SSSR count). The van der Waals surface area contributed by atoms with Crippen molar-refractivity contribution in [3.05, 3.63) is 59.2 Å². The van der Waals surface area contributed by atoms with Crippen molar-refractivity contribution in [2.75, 3.05) is 40.6 Å². The minimum absolute atomic E-state index is 0.365. The summed E-state index contributed by atoms with van der Waals surface area (Å²) in [5.74, 6) is 1.55. The molecule has 0 spiro atoms. The number of sulfone groups is 1. The maximum atomic E-state index is 11.8. The smallest absolute Gasteiger partial charge is 0.191 e. The Morgan fingerprint density at radius 3 is 2.19 bits per heavy atom. The second-order valence-corrected chi connectivity index (χ2v) is 9.78. The van der Waals surface area contributed by atoms with Gasteiger partial charge in [0.25, 0.3) is 0 Å². The molecule has 31 heavy (non-hydrogen) atoms. The number of rotatable bonds is 10. The summed E-state index contributed by atoms with van der Waals surface area (Å²) in [7, 11) is 2.63. The van der Waals surface area contributed by atoms with Gasteiger partial charge in [0, 0.05) is 32.9 Å². The third-order valence-electron chi connectivity index (χ3n) is 4.72. The van der Waals surface area contributed by atoms with Crippen LogP contribution in [0.15, 0.2) is 52.4 Å². The Labute approximate surface area is 186 Å². The molecule has 2 aromatic rings. The van der Waals surface area contributed by atoms with E-state index in [-0.39, 0.29) is 0 Å². The number of nitrogens with one attached hydrogen (secondary N) is 2. The van der Waals surface area contributed by atoms with E-state index in [9.17, 15) is 8.42 Å². The number of aliphatic imine (C=N–C) groups is 1. The van der Waals surface area contributed by atoms with Gasteiger partial charge in [-0.15, -0.1) is 0 Å². The van der Waals surface area contributed by atoms with Crippen LogP contribution in [-0.2, 0) is 22.9 Å². The highest BCUT2D eigenvalue weighted by atomic mass is 32.2. The van der Waals surface area contributed by atoms with Crippen molar-refractivity contribution in [1.82, 2.24) is 15.5 Å². The number of ether oxygens (including phenoxy) is 1. The van der Waals surface area contributed by atoms with Crippen LogP contribution >= 0.6 is 0 Å². The number of hydrogen-bond donors (Lipinski definition) is 2. The van der Waals surface area contributed by atoms with Crippen LogP contribution in [0.5, 0.6) is 5.75 Å². The summed E-state index contributed by atoms with van der Waals surface area (Å²) in [6.07, 6.45) is 2.22. The van der Waals surface area contributed by atoms with Crippen LogP contribution in [0.4, 0.5) is 0 Å². The quantitative estimate of drug-likeness (QED) is 0.332. The monoisotopic (exact) mass is 446 g/mol. The lowest BCUT2D eigenvalue weighted by Crippen LogP contribution is -2.36. The zero-order valence-electron chi connectivity index (χ0n) is 19.1. The van der Waals surface area contributed by atoms with Crippen molar-refractivity contribution in [2.24, 2.45) is 4.99 Å². The van der Waals surface area contributed by atoms with Gasteiger partial charge in [0.05, 0.1) is 11.5 Å². The van der Waals surface area contributed by atoms with Crippen LogP contribution in [0.1, 0.15) is 23.1 Å². The fraction of sp³-hybridized carbons (Fsp3) is 0.435. The zero-order chi connectivity index (χ0) is 22.9. The van der Waals surface area contributed by atoms with Crippen molar-refractivity contribution in [3.8, 4) is 5.75 Å². The molecule has 0 unspecified atom stereocenters.